The van der Waals surface area contributed by atoms with Gasteiger partial charge in [0.2, 0.25) is 0 Å². The van der Waals surface area contributed by atoms with Gasteiger partial charge in [0.1, 0.15) is 0 Å². The molecule has 0 fully saturated rings. The molecule has 0 aliphatic rings. The van der Waals surface area contributed by atoms with Crippen LogP contribution in [0.1, 0.15) is 18.9 Å². The van der Waals surface area contributed by atoms with Crippen LogP contribution in [0.5, 0.6) is 0 Å². The lowest BCUT2D eigenvalue weighted by Crippen LogP contribution is -2.08. The Morgan fingerprint density at radius 1 is 1.36 bits per heavy atom. The van der Waals surface area contributed by atoms with E-state index in [-0.39, 0.29) is 0 Å². The molecule has 0 saturated carbocycles. The van der Waals surface area contributed by atoms with Gasteiger partial charge in [0.25, 0.3) is 0 Å². The molecule has 0 aromatic heterocycles. The zero-order chi connectivity index (χ0) is 10.7. The first kappa shape index (κ1) is 11.3. The highest BCUT2D eigenvalue weighted by atomic mass is 35.5. The molecule has 0 bridgehead atoms. The standard InChI is InChI=1S/C10H12Cl2N2/c1-3-10(13)14-9-5-7(11)6(2)4-8(9)12/h4-5H,3H2,1-2H3,(H2,13,14). The van der Waals surface area contributed by atoms with Crippen LogP contribution in [0.15, 0.2) is 17.1 Å². The predicted molar refractivity (Wildman–Crippen MR) is 62.8 cm³/mol. The van der Waals surface area contributed by atoms with Gasteiger partial charge >= 0.3 is 0 Å². The number of aliphatic imine (C=N–C) groups is 1. The molecule has 2 nitrogen and oxygen atoms in total. The van der Waals surface area contributed by atoms with E-state index < -0.39 is 0 Å². The van der Waals surface area contributed by atoms with Crippen molar-refractivity contribution in [2.45, 2.75) is 20.3 Å². The van der Waals surface area contributed by atoms with E-state index in [1.165, 1.54) is 0 Å². The summed E-state index contributed by atoms with van der Waals surface area (Å²) >= 11 is 11.9. The number of aryl methyl sites for hydroxylation is 1. The lowest BCUT2D eigenvalue weighted by molar-refractivity contribution is 1.23. The molecular formula is C10H12Cl2N2. The average molecular weight is 231 g/mol. The number of benzene rings is 1. The van der Waals surface area contributed by atoms with Gasteiger partial charge in [-0.1, -0.05) is 30.1 Å². The van der Waals surface area contributed by atoms with Crippen molar-refractivity contribution in [1.29, 1.82) is 0 Å². The Balaban J connectivity index is 3.16. The van der Waals surface area contributed by atoms with Gasteiger partial charge in [0.15, 0.2) is 0 Å². The monoisotopic (exact) mass is 230 g/mol. The van der Waals surface area contributed by atoms with Gasteiger partial charge in [-0.05, 0) is 24.6 Å². The molecule has 14 heavy (non-hydrogen) atoms. The minimum Gasteiger partial charge on any atom is -0.387 e. The Labute approximate surface area is 93.7 Å². The number of nitrogens with two attached hydrogens (primary N) is 1. The highest BCUT2D eigenvalue weighted by Crippen LogP contribution is 2.30. The number of amidine groups is 1. The second-order valence-corrected chi connectivity index (χ2v) is 3.82. The van der Waals surface area contributed by atoms with Gasteiger partial charge in [-0.25, -0.2) is 4.99 Å². The molecule has 2 N–H and O–H groups in total. The van der Waals surface area contributed by atoms with Crippen molar-refractivity contribution in [2.75, 3.05) is 0 Å². The summed E-state index contributed by atoms with van der Waals surface area (Å²) in [6.07, 6.45) is 0.696. The van der Waals surface area contributed by atoms with Crippen LogP contribution in [-0.2, 0) is 0 Å². The molecule has 4 heteroatoms. The maximum Gasteiger partial charge on any atom is 0.0994 e. The Kier molecular flexibility index (Phi) is 3.78. The molecule has 0 radical (unpaired) electrons. The van der Waals surface area contributed by atoms with E-state index in [1.54, 1.807) is 12.1 Å². The third-order valence-corrected chi connectivity index (χ3v) is 2.56. The molecule has 1 aromatic carbocycles. The fourth-order valence-corrected chi connectivity index (χ4v) is 1.37. The van der Waals surface area contributed by atoms with Crippen molar-refractivity contribution in [2.24, 2.45) is 10.7 Å². The van der Waals surface area contributed by atoms with E-state index in [2.05, 4.69) is 4.99 Å². The van der Waals surface area contributed by atoms with Crippen molar-refractivity contribution in [3.63, 3.8) is 0 Å². The van der Waals surface area contributed by atoms with Gasteiger partial charge in [-0.3, -0.25) is 0 Å². The second-order valence-electron chi connectivity index (χ2n) is 3.01. The number of hydrogen-bond donors (Lipinski definition) is 1. The summed E-state index contributed by atoms with van der Waals surface area (Å²) in [5.74, 6) is 0.548. The largest absolute Gasteiger partial charge is 0.387 e. The number of nitrogens with zero attached hydrogens (tertiary/aromatic N) is 1. The summed E-state index contributed by atoms with van der Waals surface area (Å²) in [6.45, 7) is 3.83. The Morgan fingerprint density at radius 2 is 2.00 bits per heavy atom. The Bertz CT molecular complexity index is 373. The SMILES string of the molecule is CCC(N)=Nc1cc(Cl)c(C)cc1Cl. The molecule has 1 rings (SSSR count). The van der Waals surface area contributed by atoms with E-state index in [0.29, 0.717) is 28.0 Å². The minimum atomic E-state index is 0.548. The van der Waals surface area contributed by atoms with Gasteiger partial charge in [0.05, 0.1) is 16.5 Å². The van der Waals surface area contributed by atoms with Gasteiger partial charge in [0, 0.05) is 11.4 Å². The van der Waals surface area contributed by atoms with Crippen LogP contribution in [0.2, 0.25) is 10.0 Å². The summed E-state index contributed by atoms with van der Waals surface area (Å²) < 4.78 is 0. The Hall–Kier alpha value is -0.730. The van der Waals surface area contributed by atoms with Crippen LogP contribution in [-0.4, -0.2) is 5.84 Å². The van der Waals surface area contributed by atoms with Crippen molar-refractivity contribution in [3.05, 3.63) is 27.7 Å². The second kappa shape index (κ2) is 4.67. The van der Waals surface area contributed by atoms with Crippen molar-refractivity contribution in [3.8, 4) is 0 Å². The Morgan fingerprint density at radius 3 is 2.57 bits per heavy atom. The maximum absolute atomic E-state index is 5.98. The number of halogens is 2. The normalized spacial score (nSPS) is 11.9. The van der Waals surface area contributed by atoms with Crippen LogP contribution < -0.4 is 5.73 Å². The highest BCUT2D eigenvalue weighted by Gasteiger charge is 2.03. The number of hydrogen-bond acceptors (Lipinski definition) is 1. The molecule has 0 spiro atoms. The molecule has 0 amide bonds. The zero-order valence-electron chi connectivity index (χ0n) is 8.14. The molecule has 0 atom stereocenters. The highest BCUT2D eigenvalue weighted by molar-refractivity contribution is 6.35. The molecule has 1 aromatic rings. The van der Waals surface area contributed by atoms with Crippen LogP contribution in [0.25, 0.3) is 0 Å². The van der Waals surface area contributed by atoms with Crippen LogP contribution >= 0.6 is 23.2 Å². The van der Waals surface area contributed by atoms with Gasteiger partial charge < -0.3 is 5.73 Å². The summed E-state index contributed by atoms with van der Waals surface area (Å²) in [4.78, 5) is 4.16. The summed E-state index contributed by atoms with van der Waals surface area (Å²) in [5, 5.41) is 1.22. The number of rotatable bonds is 2. The van der Waals surface area contributed by atoms with Gasteiger partial charge in [-0.2, -0.15) is 0 Å². The van der Waals surface area contributed by atoms with Crippen LogP contribution in [0, 0.1) is 6.92 Å². The molecule has 0 saturated heterocycles. The lowest BCUT2D eigenvalue weighted by atomic mass is 10.2. The summed E-state index contributed by atoms with van der Waals surface area (Å²) in [7, 11) is 0. The molecule has 0 aliphatic carbocycles. The van der Waals surface area contributed by atoms with Crippen molar-refractivity contribution >= 4 is 34.7 Å². The third kappa shape index (κ3) is 2.63. The first-order valence-electron chi connectivity index (χ1n) is 4.33. The summed E-state index contributed by atoms with van der Waals surface area (Å²) in [6, 6.07) is 3.51. The van der Waals surface area contributed by atoms with Crippen molar-refractivity contribution < 1.29 is 0 Å². The third-order valence-electron chi connectivity index (χ3n) is 1.85. The smallest absolute Gasteiger partial charge is 0.0994 e. The maximum atomic E-state index is 5.98. The van der Waals surface area contributed by atoms with E-state index in [4.69, 9.17) is 28.9 Å². The quantitative estimate of drug-likeness (QED) is 0.611. The molecule has 0 heterocycles. The first-order valence-corrected chi connectivity index (χ1v) is 5.09. The summed E-state index contributed by atoms with van der Waals surface area (Å²) in [5.41, 5.74) is 7.17. The fraction of sp³-hybridized carbons (Fsp3) is 0.300. The predicted octanol–water partition coefficient (Wildman–Crippen LogP) is 3.70. The van der Waals surface area contributed by atoms with E-state index in [0.717, 1.165) is 5.56 Å². The zero-order valence-corrected chi connectivity index (χ0v) is 9.65. The minimum absolute atomic E-state index is 0.548. The van der Waals surface area contributed by atoms with Crippen LogP contribution in [0.3, 0.4) is 0 Å². The molecule has 0 aliphatic heterocycles. The average Bonchev–Trinajstić information content (AvgIpc) is 2.14. The topological polar surface area (TPSA) is 38.4 Å². The molecule has 76 valence electrons. The van der Waals surface area contributed by atoms with Crippen molar-refractivity contribution in [1.82, 2.24) is 0 Å². The lowest BCUT2D eigenvalue weighted by Gasteiger charge is -2.03. The van der Waals surface area contributed by atoms with E-state index in [9.17, 15) is 0 Å². The van der Waals surface area contributed by atoms with E-state index >= 15 is 0 Å². The first-order chi connectivity index (χ1) is 6.54. The van der Waals surface area contributed by atoms with Gasteiger partial charge in [-0.15, -0.1) is 0 Å². The van der Waals surface area contributed by atoms with Crippen LogP contribution in [0.4, 0.5) is 5.69 Å². The van der Waals surface area contributed by atoms with E-state index in [1.807, 2.05) is 13.8 Å². The fourth-order valence-electron chi connectivity index (χ4n) is 0.955. The molecule has 0 unspecified atom stereocenters. The molecular weight excluding hydrogens is 219 g/mol.